The van der Waals surface area contributed by atoms with Gasteiger partial charge in [0.15, 0.2) is 0 Å². The first kappa shape index (κ1) is 25.9. The zero-order chi connectivity index (χ0) is 31.2. The Morgan fingerprint density at radius 1 is 0.468 bits per heavy atom. The van der Waals surface area contributed by atoms with Crippen molar-refractivity contribution in [3.05, 3.63) is 157 Å². The van der Waals surface area contributed by atoms with Crippen LogP contribution in [0.2, 0.25) is 0 Å². The number of para-hydroxylation sites is 3. The van der Waals surface area contributed by atoms with Gasteiger partial charge in [0.25, 0.3) is 0 Å². The van der Waals surface area contributed by atoms with E-state index in [1.165, 1.54) is 43.4 Å². The fraction of sp³-hybridized carbons (Fsp3) is 0. The third-order valence-corrected chi connectivity index (χ3v) is 9.71. The van der Waals surface area contributed by atoms with Crippen molar-refractivity contribution in [1.29, 1.82) is 0 Å². The molecule has 10 aromatic rings. The Morgan fingerprint density at radius 2 is 1.02 bits per heavy atom. The summed E-state index contributed by atoms with van der Waals surface area (Å²) in [6, 6.07) is 47.7. The van der Waals surface area contributed by atoms with Gasteiger partial charge in [-0.25, -0.2) is 4.98 Å². The summed E-state index contributed by atoms with van der Waals surface area (Å²) in [7, 11) is 0. The third-order valence-electron chi connectivity index (χ3n) is 9.71. The van der Waals surface area contributed by atoms with Crippen molar-refractivity contribution in [3.63, 3.8) is 0 Å². The lowest BCUT2D eigenvalue weighted by molar-refractivity contribution is 0.970. The van der Waals surface area contributed by atoms with Gasteiger partial charge in [-0.05, 0) is 60.0 Å². The number of benzene rings is 5. The lowest BCUT2D eigenvalue weighted by atomic mass is 10.1. The van der Waals surface area contributed by atoms with Crippen molar-refractivity contribution >= 4 is 83.5 Å². The molecule has 5 heterocycles. The molecule has 0 unspecified atom stereocenters. The Morgan fingerprint density at radius 3 is 1.68 bits per heavy atom. The molecule has 0 fully saturated rings. The van der Waals surface area contributed by atoms with E-state index >= 15 is 0 Å². The van der Waals surface area contributed by atoms with E-state index in [-0.39, 0.29) is 0 Å². The first-order chi connectivity index (χ1) is 23.2. The summed E-state index contributed by atoms with van der Waals surface area (Å²) in [6.45, 7) is 8.64. The van der Waals surface area contributed by atoms with Crippen molar-refractivity contribution in [1.82, 2.24) is 18.5 Å². The molecule has 0 N–H and O–H groups in total. The minimum absolute atomic E-state index is 0.827. The van der Waals surface area contributed by atoms with Crippen molar-refractivity contribution < 1.29 is 0 Å². The van der Waals surface area contributed by atoms with Crippen molar-refractivity contribution in [2.24, 2.45) is 0 Å². The van der Waals surface area contributed by atoms with Crippen LogP contribution in [0.15, 0.2) is 146 Å². The normalized spacial score (nSPS) is 12.6. The summed E-state index contributed by atoms with van der Waals surface area (Å²) in [5.41, 5.74) is 6.85. The number of aromatic nitrogens is 4. The SMILES string of the molecule is C=C/C=c1\c(=C)c2cc3cc4c5ccccc5c5ccccc5n4c3cc2n1-c1cccc(-n2c3ccccc3c3ccccc32)n1. The summed E-state index contributed by atoms with van der Waals surface area (Å²) < 4.78 is 6.90. The smallest absolute Gasteiger partial charge is 0.140 e. The van der Waals surface area contributed by atoms with E-state index in [0.29, 0.717) is 0 Å². The van der Waals surface area contributed by atoms with Crippen LogP contribution >= 0.6 is 0 Å². The predicted molar refractivity (Wildman–Crippen MR) is 198 cm³/mol. The minimum Gasteiger partial charge on any atom is -0.309 e. The lowest BCUT2D eigenvalue weighted by Crippen LogP contribution is -2.27. The van der Waals surface area contributed by atoms with E-state index in [1.54, 1.807) is 0 Å². The second-order valence-corrected chi connectivity index (χ2v) is 12.2. The van der Waals surface area contributed by atoms with Gasteiger partial charge in [-0.3, -0.25) is 9.13 Å². The van der Waals surface area contributed by atoms with Gasteiger partial charge in [-0.15, -0.1) is 0 Å². The van der Waals surface area contributed by atoms with Crippen LogP contribution in [0.3, 0.4) is 0 Å². The number of pyridine rings is 2. The van der Waals surface area contributed by atoms with Gasteiger partial charge in [-0.2, -0.15) is 0 Å². The van der Waals surface area contributed by atoms with E-state index in [0.717, 1.165) is 49.7 Å². The van der Waals surface area contributed by atoms with Crippen LogP contribution in [-0.2, 0) is 0 Å². The highest BCUT2D eigenvalue weighted by Crippen LogP contribution is 2.36. The number of nitrogens with zero attached hydrogens (tertiary/aromatic N) is 4. The standard InChI is InChI=1S/C43H28N4/c1-3-13-35-27(2)34-24-28-25-40-31-16-5-4-14-29(31)30-15-6-9-19-36(30)45(40)39(28)26-41(34)46(35)42-22-12-23-43(44-42)47-37-20-10-7-17-32(37)33-18-8-11-21-38(33)47/h3-26H,1-2H2/b35-13+. The largest absolute Gasteiger partial charge is 0.309 e. The number of rotatable bonds is 3. The molecule has 0 aliphatic carbocycles. The molecule has 0 saturated carbocycles. The molecule has 0 saturated heterocycles. The average molecular weight is 601 g/mol. The molecular weight excluding hydrogens is 573 g/mol. The van der Waals surface area contributed by atoms with Crippen molar-refractivity contribution in [2.45, 2.75) is 0 Å². The van der Waals surface area contributed by atoms with Crippen molar-refractivity contribution in [2.75, 3.05) is 0 Å². The van der Waals surface area contributed by atoms with Gasteiger partial charge in [0.1, 0.15) is 11.6 Å². The fourth-order valence-electron chi connectivity index (χ4n) is 7.73. The highest BCUT2D eigenvalue weighted by molar-refractivity contribution is 6.16. The molecule has 0 spiro atoms. The molecule has 4 heteroatoms. The van der Waals surface area contributed by atoms with Gasteiger partial charge in [0.05, 0.1) is 38.4 Å². The third kappa shape index (κ3) is 3.50. The van der Waals surface area contributed by atoms with E-state index in [4.69, 9.17) is 4.98 Å². The summed E-state index contributed by atoms with van der Waals surface area (Å²) in [4.78, 5) is 5.35. The van der Waals surface area contributed by atoms with E-state index in [1.807, 2.05) is 12.2 Å². The number of hydrogen-bond donors (Lipinski definition) is 0. The second-order valence-electron chi connectivity index (χ2n) is 12.2. The molecule has 4 nitrogen and oxygen atoms in total. The number of fused-ring (bicyclic) bond motifs is 12. The molecule has 0 aliphatic rings. The van der Waals surface area contributed by atoms with E-state index in [2.05, 4.69) is 160 Å². The topological polar surface area (TPSA) is 27.2 Å². The Balaban J connectivity index is 1.31. The van der Waals surface area contributed by atoms with Crippen LogP contribution in [0, 0.1) is 0 Å². The first-order valence-electron chi connectivity index (χ1n) is 15.9. The van der Waals surface area contributed by atoms with Gasteiger partial charge in [-0.1, -0.05) is 104 Å². The zero-order valence-electron chi connectivity index (χ0n) is 25.6. The maximum absolute atomic E-state index is 5.35. The van der Waals surface area contributed by atoms with Crippen molar-refractivity contribution in [3.8, 4) is 11.6 Å². The summed E-state index contributed by atoms with van der Waals surface area (Å²) >= 11 is 0. The molecule has 5 aromatic carbocycles. The predicted octanol–water partition coefficient (Wildman–Crippen LogP) is 9.21. The molecule has 0 amide bonds. The highest BCUT2D eigenvalue weighted by Gasteiger charge is 2.18. The molecular formula is C43H28N4. The fourth-order valence-corrected chi connectivity index (χ4v) is 7.73. The Kier molecular flexibility index (Phi) is 5.26. The van der Waals surface area contributed by atoms with E-state index in [9.17, 15) is 0 Å². The Labute approximate surface area is 269 Å². The minimum atomic E-state index is 0.827. The van der Waals surface area contributed by atoms with Crippen LogP contribution in [-0.4, -0.2) is 18.5 Å². The summed E-state index contributed by atoms with van der Waals surface area (Å²) in [5.74, 6) is 1.69. The Hall–Kier alpha value is -6.39. The van der Waals surface area contributed by atoms with Crippen LogP contribution in [0.4, 0.5) is 0 Å². The molecule has 0 aliphatic heterocycles. The van der Waals surface area contributed by atoms with Gasteiger partial charge in [0, 0.05) is 37.5 Å². The van der Waals surface area contributed by atoms with Crippen LogP contribution in [0.25, 0.3) is 95.1 Å². The maximum Gasteiger partial charge on any atom is 0.140 e. The maximum atomic E-state index is 5.35. The summed E-state index contributed by atoms with van der Waals surface area (Å²) in [5, 5.41) is 10.4. The van der Waals surface area contributed by atoms with Crippen LogP contribution < -0.4 is 10.6 Å². The molecule has 220 valence electrons. The first-order valence-corrected chi connectivity index (χ1v) is 15.9. The van der Waals surface area contributed by atoms with Crippen LogP contribution in [0.1, 0.15) is 0 Å². The zero-order valence-corrected chi connectivity index (χ0v) is 25.6. The second kappa shape index (κ2) is 9.56. The monoisotopic (exact) mass is 600 g/mol. The average Bonchev–Trinajstić information content (AvgIpc) is 3.75. The number of hydrogen-bond acceptors (Lipinski definition) is 1. The molecule has 0 atom stereocenters. The summed E-state index contributed by atoms with van der Waals surface area (Å²) in [6.07, 6.45) is 3.87. The quantitative estimate of drug-likeness (QED) is 0.186. The molecule has 0 bridgehead atoms. The molecule has 10 rings (SSSR count). The van der Waals surface area contributed by atoms with Gasteiger partial charge in [0.2, 0.25) is 0 Å². The lowest BCUT2D eigenvalue weighted by Gasteiger charge is -2.12. The van der Waals surface area contributed by atoms with Crippen LogP contribution in [0.5, 0.6) is 0 Å². The Bertz CT molecular complexity index is 3010. The van der Waals surface area contributed by atoms with Gasteiger partial charge < -0.3 is 4.40 Å². The van der Waals surface area contributed by atoms with Gasteiger partial charge >= 0.3 is 0 Å². The molecule has 0 radical (unpaired) electrons. The molecule has 5 aromatic heterocycles. The molecule has 47 heavy (non-hydrogen) atoms. The van der Waals surface area contributed by atoms with E-state index < -0.39 is 0 Å². The number of allylic oxidation sites excluding steroid dienone is 1. The highest BCUT2D eigenvalue weighted by atomic mass is 15.1.